The summed E-state index contributed by atoms with van der Waals surface area (Å²) in [6.45, 7) is 5.88. The minimum atomic E-state index is 0.217. The third-order valence-electron chi connectivity index (χ3n) is 4.23. The van der Waals surface area contributed by atoms with Gasteiger partial charge in [0.1, 0.15) is 0 Å². The van der Waals surface area contributed by atoms with Crippen LogP contribution in [-0.4, -0.2) is 53.5 Å². The second kappa shape index (κ2) is 8.21. The first kappa shape index (κ1) is 16.9. The van der Waals surface area contributed by atoms with Crippen LogP contribution < -0.4 is 10.2 Å². The molecule has 0 aromatic carbocycles. The number of amides is 1. The van der Waals surface area contributed by atoms with Crippen molar-refractivity contribution in [1.82, 2.24) is 20.2 Å². The molecule has 1 saturated heterocycles. The van der Waals surface area contributed by atoms with E-state index in [1.165, 1.54) is 4.88 Å². The zero-order valence-electron chi connectivity index (χ0n) is 13.9. The monoisotopic (exact) mass is 345 g/mol. The molecule has 0 spiro atoms. The first-order chi connectivity index (χ1) is 11.7. The van der Waals surface area contributed by atoms with Crippen LogP contribution in [0.15, 0.2) is 36.0 Å². The van der Waals surface area contributed by atoms with Crippen molar-refractivity contribution < 1.29 is 4.79 Å². The van der Waals surface area contributed by atoms with Gasteiger partial charge in [0, 0.05) is 62.5 Å². The number of piperazine rings is 1. The first-order valence-corrected chi connectivity index (χ1v) is 9.18. The molecule has 2 aromatic heterocycles. The van der Waals surface area contributed by atoms with Gasteiger partial charge in [0.05, 0.1) is 0 Å². The van der Waals surface area contributed by atoms with E-state index in [0.29, 0.717) is 19.0 Å². The number of hydrogen-bond acceptors (Lipinski definition) is 6. The number of aromatic nitrogens is 2. The minimum absolute atomic E-state index is 0.217. The lowest BCUT2D eigenvalue weighted by atomic mass is 10.2. The molecule has 1 amide bonds. The quantitative estimate of drug-likeness (QED) is 0.867. The Morgan fingerprint density at radius 2 is 2.00 bits per heavy atom. The Bertz CT molecular complexity index is 626. The second-order valence-electron chi connectivity index (χ2n) is 5.86. The second-order valence-corrected chi connectivity index (χ2v) is 6.84. The van der Waals surface area contributed by atoms with Crippen molar-refractivity contribution in [1.29, 1.82) is 0 Å². The fourth-order valence-corrected chi connectivity index (χ4v) is 3.56. The van der Waals surface area contributed by atoms with Gasteiger partial charge in [-0.2, -0.15) is 0 Å². The molecule has 1 aliphatic heterocycles. The van der Waals surface area contributed by atoms with Crippen molar-refractivity contribution >= 4 is 23.2 Å². The van der Waals surface area contributed by atoms with Crippen LogP contribution in [-0.2, 0) is 4.79 Å². The van der Waals surface area contributed by atoms with Gasteiger partial charge < -0.3 is 15.1 Å². The van der Waals surface area contributed by atoms with Gasteiger partial charge in [-0.15, -0.1) is 11.3 Å². The normalized spacial score (nSPS) is 16.2. The highest BCUT2D eigenvalue weighted by Gasteiger charge is 2.22. The zero-order chi connectivity index (χ0) is 16.8. The third kappa shape index (κ3) is 4.30. The number of rotatable bonds is 6. The van der Waals surface area contributed by atoms with Crippen molar-refractivity contribution in [3.05, 3.63) is 40.8 Å². The van der Waals surface area contributed by atoms with Crippen LogP contribution in [0.1, 0.15) is 24.3 Å². The summed E-state index contributed by atoms with van der Waals surface area (Å²) < 4.78 is 0. The smallest absolute Gasteiger partial charge is 0.225 e. The maximum Gasteiger partial charge on any atom is 0.225 e. The Labute approximate surface area is 146 Å². The number of thiophene rings is 1. The average Bonchev–Trinajstić information content (AvgIpc) is 3.17. The highest BCUT2D eigenvalue weighted by molar-refractivity contribution is 7.10. The summed E-state index contributed by atoms with van der Waals surface area (Å²) in [5.74, 6) is 0.963. The van der Waals surface area contributed by atoms with Crippen molar-refractivity contribution in [2.24, 2.45) is 0 Å². The molecule has 6 nitrogen and oxygen atoms in total. The fourth-order valence-electron chi connectivity index (χ4n) is 2.80. The molecule has 0 saturated carbocycles. The van der Waals surface area contributed by atoms with E-state index >= 15 is 0 Å². The van der Waals surface area contributed by atoms with E-state index in [1.807, 2.05) is 11.0 Å². The summed E-state index contributed by atoms with van der Waals surface area (Å²) in [5.41, 5.74) is 0. The molecule has 24 heavy (non-hydrogen) atoms. The number of carbonyl (C=O) groups is 1. The predicted octanol–water partition coefficient (Wildman–Crippen LogP) is 1.93. The van der Waals surface area contributed by atoms with Crippen molar-refractivity contribution in [3.63, 3.8) is 0 Å². The molecule has 1 fully saturated rings. The lowest BCUT2D eigenvalue weighted by Gasteiger charge is -2.34. The molecule has 0 bridgehead atoms. The number of anilines is 1. The van der Waals surface area contributed by atoms with E-state index in [4.69, 9.17) is 0 Å². The molecular weight excluding hydrogens is 322 g/mol. The van der Waals surface area contributed by atoms with E-state index in [9.17, 15) is 4.79 Å². The Morgan fingerprint density at radius 3 is 2.67 bits per heavy atom. The van der Waals surface area contributed by atoms with Crippen molar-refractivity contribution in [3.8, 4) is 0 Å². The number of nitrogens with one attached hydrogen (secondary N) is 1. The van der Waals surface area contributed by atoms with Crippen LogP contribution in [0.25, 0.3) is 0 Å². The average molecular weight is 345 g/mol. The lowest BCUT2D eigenvalue weighted by Crippen LogP contribution is -2.49. The molecule has 0 radical (unpaired) electrons. The highest BCUT2D eigenvalue weighted by atomic mass is 32.1. The predicted molar refractivity (Wildman–Crippen MR) is 96.2 cm³/mol. The van der Waals surface area contributed by atoms with E-state index < -0.39 is 0 Å². The fraction of sp³-hybridized carbons (Fsp3) is 0.471. The topological polar surface area (TPSA) is 61.4 Å². The number of hydrogen-bond donors (Lipinski definition) is 1. The summed E-state index contributed by atoms with van der Waals surface area (Å²) in [5, 5.41) is 5.50. The molecule has 1 atom stereocenters. The van der Waals surface area contributed by atoms with Gasteiger partial charge in [0.2, 0.25) is 11.9 Å². The third-order valence-corrected chi connectivity index (χ3v) is 5.28. The summed E-state index contributed by atoms with van der Waals surface area (Å²) in [4.78, 5) is 26.3. The van der Waals surface area contributed by atoms with Gasteiger partial charge in [-0.3, -0.25) is 4.79 Å². The molecule has 1 N–H and O–H groups in total. The Morgan fingerprint density at radius 1 is 1.25 bits per heavy atom. The number of carbonyl (C=O) groups excluding carboxylic acids is 1. The van der Waals surface area contributed by atoms with E-state index in [-0.39, 0.29) is 5.91 Å². The Kier molecular flexibility index (Phi) is 5.77. The molecule has 0 aliphatic carbocycles. The summed E-state index contributed by atoms with van der Waals surface area (Å²) in [6.07, 6.45) is 4.04. The SMILES string of the molecule is C[C@@H](NCCC(=O)N1CCN(c2ncccn2)CC1)c1cccs1. The molecule has 2 aromatic rings. The van der Waals surface area contributed by atoms with Crippen LogP contribution in [0.3, 0.4) is 0 Å². The summed E-state index contributed by atoms with van der Waals surface area (Å²) >= 11 is 1.74. The van der Waals surface area contributed by atoms with Crippen LogP contribution in [0.5, 0.6) is 0 Å². The molecule has 3 heterocycles. The number of nitrogens with zero attached hydrogens (tertiary/aromatic N) is 4. The van der Waals surface area contributed by atoms with Crippen LogP contribution in [0, 0.1) is 0 Å². The highest BCUT2D eigenvalue weighted by Crippen LogP contribution is 2.18. The van der Waals surface area contributed by atoms with Gasteiger partial charge in [-0.1, -0.05) is 6.07 Å². The molecule has 1 aliphatic rings. The van der Waals surface area contributed by atoms with Gasteiger partial charge >= 0.3 is 0 Å². The van der Waals surface area contributed by atoms with Crippen LogP contribution in [0.2, 0.25) is 0 Å². The van der Waals surface area contributed by atoms with Crippen molar-refractivity contribution in [2.75, 3.05) is 37.6 Å². The standard InChI is InChI=1S/C17H23N5OS/c1-14(15-4-2-13-24-15)18-8-5-16(23)21-9-11-22(12-10-21)17-19-6-3-7-20-17/h2-4,6-7,13-14,18H,5,8-12H2,1H3/t14-/m1/s1. The Hall–Kier alpha value is -1.99. The van der Waals surface area contributed by atoms with Gasteiger partial charge in [0.15, 0.2) is 0 Å². The zero-order valence-corrected chi connectivity index (χ0v) is 14.7. The van der Waals surface area contributed by atoms with Crippen molar-refractivity contribution in [2.45, 2.75) is 19.4 Å². The largest absolute Gasteiger partial charge is 0.339 e. The molecular formula is C17H23N5OS. The molecule has 0 unspecified atom stereocenters. The van der Waals surface area contributed by atoms with E-state index in [0.717, 1.165) is 32.1 Å². The minimum Gasteiger partial charge on any atom is -0.339 e. The maximum absolute atomic E-state index is 12.3. The van der Waals surface area contributed by atoms with E-state index in [2.05, 4.69) is 44.6 Å². The summed E-state index contributed by atoms with van der Waals surface area (Å²) in [7, 11) is 0. The Balaban J connectivity index is 1.39. The van der Waals surface area contributed by atoms with E-state index in [1.54, 1.807) is 23.7 Å². The van der Waals surface area contributed by atoms with Gasteiger partial charge in [0.25, 0.3) is 0 Å². The lowest BCUT2D eigenvalue weighted by molar-refractivity contribution is -0.131. The molecule has 7 heteroatoms. The first-order valence-electron chi connectivity index (χ1n) is 8.30. The summed E-state index contributed by atoms with van der Waals surface area (Å²) in [6, 6.07) is 6.28. The van der Waals surface area contributed by atoms with Crippen LogP contribution >= 0.6 is 11.3 Å². The van der Waals surface area contributed by atoms with Gasteiger partial charge in [-0.25, -0.2) is 9.97 Å². The molecule has 128 valence electrons. The van der Waals surface area contributed by atoms with Crippen LogP contribution in [0.4, 0.5) is 5.95 Å². The van der Waals surface area contributed by atoms with Gasteiger partial charge in [-0.05, 0) is 24.4 Å². The maximum atomic E-state index is 12.3. The molecule has 3 rings (SSSR count).